The summed E-state index contributed by atoms with van der Waals surface area (Å²) >= 11 is 0. The molecule has 1 amide bonds. The van der Waals surface area contributed by atoms with Crippen molar-refractivity contribution in [1.29, 1.82) is 0 Å². The quantitative estimate of drug-likeness (QED) is 0.808. The summed E-state index contributed by atoms with van der Waals surface area (Å²) in [6, 6.07) is 18.3. The molecule has 150 valence electrons. The van der Waals surface area contributed by atoms with Gasteiger partial charge in [0.2, 0.25) is 0 Å². The summed E-state index contributed by atoms with van der Waals surface area (Å²) in [5.74, 6) is 0.162. The van der Waals surface area contributed by atoms with E-state index in [0.717, 1.165) is 30.2 Å². The van der Waals surface area contributed by atoms with E-state index in [2.05, 4.69) is 33.0 Å². The van der Waals surface area contributed by atoms with E-state index < -0.39 is 0 Å². The topological polar surface area (TPSA) is 46.0 Å². The van der Waals surface area contributed by atoms with E-state index in [1.807, 2.05) is 59.5 Å². The Kier molecular flexibility index (Phi) is 6.70. The molecule has 5 nitrogen and oxygen atoms in total. The number of carbonyl (C=O) groups excluding carboxylic acids is 1. The molecule has 1 aliphatic heterocycles. The Labute approximate surface area is 168 Å². The van der Waals surface area contributed by atoms with Gasteiger partial charge in [0.15, 0.2) is 6.54 Å². The third kappa shape index (κ3) is 5.33. The summed E-state index contributed by atoms with van der Waals surface area (Å²) in [6.45, 7) is 10.5. The molecule has 0 bridgehead atoms. The van der Waals surface area contributed by atoms with Crippen LogP contribution in [0.5, 0.6) is 0 Å². The van der Waals surface area contributed by atoms with Gasteiger partial charge in [0.1, 0.15) is 25.3 Å². The van der Waals surface area contributed by atoms with Crippen molar-refractivity contribution in [2.24, 2.45) is 0 Å². The van der Waals surface area contributed by atoms with Crippen molar-refractivity contribution in [2.75, 3.05) is 29.9 Å². The average Bonchev–Trinajstić information content (AvgIpc) is 2.63. The van der Waals surface area contributed by atoms with Gasteiger partial charge >= 0.3 is 0 Å². The standard InChI is InChI=1S/C23H31N3O2/c1-17(2)26(23(27)16-25-14-18(3)28-19(4)15-25)22-12-10-21(11-13-22)24-20-8-6-5-7-9-20/h5-13,17-19,24H,14-16H2,1-4H3/p+1/t18-,19+. The number of nitrogens with zero attached hydrogens (tertiary/aromatic N) is 1. The van der Waals surface area contributed by atoms with Gasteiger partial charge in [0, 0.05) is 23.1 Å². The van der Waals surface area contributed by atoms with Gasteiger partial charge in [-0.15, -0.1) is 0 Å². The summed E-state index contributed by atoms with van der Waals surface area (Å²) < 4.78 is 5.80. The molecule has 1 heterocycles. The van der Waals surface area contributed by atoms with E-state index in [-0.39, 0.29) is 24.2 Å². The molecule has 0 spiro atoms. The van der Waals surface area contributed by atoms with Gasteiger partial charge in [-0.25, -0.2) is 0 Å². The lowest BCUT2D eigenvalue weighted by Gasteiger charge is -2.34. The van der Waals surface area contributed by atoms with Crippen molar-refractivity contribution in [3.05, 3.63) is 54.6 Å². The molecule has 0 saturated carbocycles. The van der Waals surface area contributed by atoms with Gasteiger partial charge in [0.25, 0.3) is 5.91 Å². The van der Waals surface area contributed by atoms with E-state index in [0.29, 0.717) is 6.54 Å². The molecule has 3 rings (SSSR count). The number of anilines is 3. The van der Waals surface area contributed by atoms with Crippen molar-refractivity contribution in [1.82, 2.24) is 0 Å². The fourth-order valence-electron chi connectivity index (χ4n) is 3.96. The first-order chi connectivity index (χ1) is 13.4. The van der Waals surface area contributed by atoms with E-state index in [9.17, 15) is 4.79 Å². The second-order valence-electron chi connectivity index (χ2n) is 7.99. The maximum absolute atomic E-state index is 13.1. The van der Waals surface area contributed by atoms with Crippen LogP contribution in [-0.4, -0.2) is 43.8 Å². The summed E-state index contributed by atoms with van der Waals surface area (Å²) in [4.78, 5) is 16.3. The first-order valence-corrected chi connectivity index (χ1v) is 10.2. The number of morpholine rings is 1. The molecule has 3 atom stereocenters. The molecule has 0 aromatic heterocycles. The largest absolute Gasteiger partial charge is 0.364 e. The molecule has 2 aromatic rings. The van der Waals surface area contributed by atoms with Crippen molar-refractivity contribution in [3.8, 4) is 0 Å². The summed E-state index contributed by atoms with van der Waals surface area (Å²) in [7, 11) is 0. The Balaban J connectivity index is 1.68. The van der Waals surface area contributed by atoms with Gasteiger partial charge in [-0.2, -0.15) is 0 Å². The Morgan fingerprint density at radius 2 is 1.61 bits per heavy atom. The SMILES string of the molecule is CC(C)N(C(=O)C[NH+]1C[C@@H](C)O[C@@H](C)C1)c1ccc(Nc2ccccc2)cc1. The number of ether oxygens (including phenoxy) is 1. The Morgan fingerprint density at radius 3 is 2.18 bits per heavy atom. The summed E-state index contributed by atoms with van der Waals surface area (Å²) in [5, 5.41) is 3.38. The zero-order valence-corrected chi connectivity index (χ0v) is 17.3. The maximum atomic E-state index is 13.1. The van der Waals surface area contributed by atoms with Crippen molar-refractivity contribution in [2.45, 2.75) is 45.9 Å². The molecule has 5 heteroatoms. The van der Waals surface area contributed by atoms with Gasteiger partial charge in [0.05, 0.1) is 0 Å². The van der Waals surface area contributed by atoms with E-state index in [1.54, 1.807) is 0 Å². The van der Waals surface area contributed by atoms with Crippen LogP contribution < -0.4 is 15.1 Å². The van der Waals surface area contributed by atoms with Crippen LogP contribution in [0.15, 0.2) is 54.6 Å². The highest BCUT2D eigenvalue weighted by Gasteiger charge is 2.30. The number of rotatable bonds is 6. The van der Waals surface area contributed by atoms with Crippen LogP contribution in [0.2, 0.25) is 0 Å². The van der Waals surface area contributed by atoms with Crippen LogP contribution in [-0.2, 0) is 9.53 Å². The number of amides is 1. The summed E-state index contributed by atoms with van der Waals surface area (Å²) in [5.41, 5.74) is 2.99. The molecule has 28 heavy (non-hydrogen) atoms. The zero-order valence-electron chi connectivity index (χ0n) is 17.3. The van der Waals surface area contributed by atoms with Crippen LogP contribution in [0.3, 0.4) is 0 Å². The first-order valence-electron chi connectivity index (χ1n) is 10.2. The summed E-state index contributed by atoms with van der Waals surface area (Å²) in [6.07, 6.45) is 0.393. The molecule has 1 saturated heterocycles. The predicted molar refractivity (Wildman–Crippen MR) is 114 cm³/mol. The minimum atomic E-state index is 0.107. The predicted octanol–water partition coefficient (Wildman–Crippen LogP) is 2.86. The molecule has 0 radical (unpaired) electrons. The number of carbonyl (C=O) groups is 1. The van der Waals surface area contributed by atoms with Crippen LogP contribution >= 0.6 is 0 Å². The van der Waals surface area contributed by atoms with Gasteiger partial charge in [-0.1, -0.05) is 18.2 Å². The third-order valence-corrected chi connectivity index (χ3v) is 5.01. The zero-order chi connectivity index (χ0) is 20.1. The highest BCUT2D eigenvalue weighted by atomic mass is 16.5. The lowest BCUT2D eigenvalue weighted by Crippen LogP contribution is -3.16. The Morgan fingerprint density at radius 1 is 1.04 bits per heavy atom. The molecule has 1 aliphatic rings. The second-order valence-corrected chi connectivity index (χ2v) is 7.99. The van der Waals surface area contributed by atoms with Gasteiger partial charge in [-0.05, 0) is 64.1 Å². The van der Waals surface area contributed by atoms with Crippen LogP contribution in [0.4, 0.5) is 17.1 Å². The Hall–Kier alpha value is -2.37. The van der Waals surface area contributed by atoms with E-state index in [1.165, 1.54) is 4.90 Å². The number of hydrogen-bond donors (Lipinski definition) is 2. The fraction of sp³-hybridized carbons (Fsp3) is 0.435. The highest BCUT2D eigenvalue weighted by molar-refractivity contribution is 5.94. The molecule has 0 aliphatic carbocycles. The average molecular weight is 383 g/mol. The maximum Gasteiger partial charge on any atom is 0.282 e. The number of nitrogens with one attached hydrogen (secondary N) is 2. The Bertz CT molecular complexity index is 751. The first kappa shape index (κ1) is 20.4. The highest BCUT2D eigenvalue weighted by Crippen LogP contribution is 2.22. The lowest BCUT2D eigenvalue weighted by molar-refractivity contribution is -0.907. The van der Waals surface area contributed by atoms with Crippen molar-refractivity contribution < 1.29 is 14.4 Å². The molecular formula is C23H32N3O2+. The smallest absolute Gasteiger partial charge is 0.282 e. The molecule has 1 fully saturated rings. The lowest BCUT2D eigenvalue weighted by atomic mass is 10.2. The number of hydrogen-bond acceptors (Lipinski definition) is 3. The van der Waals surface area contributed by atoms with Gasteiger partial charge < -0.3 is 19.9 Å². The minimum Gasteiger partial charge on any atom is -0.364 e. The molecular weight excluding hydrogens is 350 g/mol. The molecule has 1 unspecified atom stereocenters. The van der Waals surface area contributed by atoms with Crippen molar-refractivity contribution in [3.63, 3.8) is 0 Å². The molecule has 2 N–H and O–H groups in total. The second kappa shape index (κ2) is 9.22. The third-order valence-electron chi connectivity index (χ3n) is 5.01. The number of quaternary nitrogens is 1. The van der Waals surface area contributed by atoms with Crippen molar-refractivity contribution >= 4 is 23.0 Å². The van der Waals surface area contributed by atoms with E-state index >= 15 is 0 Å². The van der Waals surface area contributed by atoms with Crippen LogP contribution in [0.25, 0.3) is 0 Å². The van der Waals surface area contributed by atoms with Gasteiger partial charge in [-0.3, -0.25) is 4.79 Å². The normalized spacial score (nSPS) is 22.1. The minimum absolute atomic E-state index is 0.107. The fourth-order valence-corrected chi connectivity index (χ4v) is 3.96. The van der Waals surface area contributed by atoms with E-state index in [4.69, 9.17) is 4.74 Å². The van der Waals surface area contributed by atoms with Crippen LogP contribution in [0.1, 0.15) is 27.7 Å². The monoisotopic (exact) mass is 382 g/mol. The number of para-hydroxylation sites is 1. The van der Waals surface area contributed by atoms with Crippen LogP contribution in [0, 0.1) is 0 Å². The molecule has 2 aromatic carbocycles. The number of benzene rings is 2.